The zero-order valence-electron chi connectivity index (χ0n) is 13.6. The Balaban J connectivity index is 1.70. The van der Waals surface area contributed by atoms with Crippen LogP contribution in [0.1, 0.15) is 23.2 Å². The molecule has 3 rings (SSSR count). The van der Waals surface area contributed by atoms with E-state index in [1.54, 1.807) is 0 Å². The third kappa shape index (κ3) is 3.89. The van der Waals surface area contributed by atoms with Crippen LogP contribution in [0, 0.1) is 10.1 Å². The number of aromatic nitrogens is 1. The Labute approximate surface area is 153 Å². The molecule has 1 aliphatic heterocycles. The number of ketones is 1. The van der Waals surface area contributed by atoms with Gasteiger partial charge in [0.15, 0.2) is 10.9 Å². The van der Waals surface area contributed by atoms with E-state index in [-0.39, 0.29) is 32.9 Å². The Kier molecular flexibility index (Phi) is 5.30. The molecule has 0 aliphatic carbocycles. The van der Waals surface area contributed by atoms with Gasteiger partial charge in [-0.3, -0.25) is 14.9 Å². The van der Waals surface area contributed by atoms with Crippen molar-refractivity contribution < 1.29 is 18.1 Å². The average Bonchev–Trinajstić information content (AvgIpc) is 3.31. The Bertz CT molecular complexity index is 935. The minimum absolute atomic E-state index is 0.0927. The molecule has 1 aromatic heterocycles. The number of nitrogens with zero attached hydrogens (tertiary/aromatic N) is 3. The monoisotopic (exact) mass is 396 g/mol. The predicted molar refractivity (Wildman–Crippen MR) is 96.0 cm³/mol. The van der Waals surface area contributed by atoms with Crippen molar-refractivity contribution in [2.45, 2.75) is 17.7 Å². The van der Waals surface area contributed by atoms with Gasteiger partial charge in [0.1, 0.15) is 6.20 Å². The van der Waals surface area contributed by atoms with E-state index < -0.39 is 14.9 Å². The summed E-state index contributed by atoms with van der Waals surface area (Å²) in [7, 11) is -3.59. The topological polar surface area (TPSA) is 123 Å². The number of nitrogens with one attached hydrogen (secondary N) is 1. The number of benzene rings is 1. The molecule has 9 nitrogen and oxygen atoms in total. The summed E-state index contributed by atoms with van der Waals surface area (Å²) in [6.07, 6.45) is 2.78. The molecule has 1 aliphatic rings. The van der Waals surface area contributed by atoms with Crippen molar-refractivity contribution in [2.24, 2.45) is 0 Å². The number of carbonyl (C=O) groups is 1. The number of Topliss-reactive ketones (excluding diaryl/α,β-unsaturated/α-hetero) is 1. The van der Waals surface area contributed by atoms with Crippen LogP contribution in [0.2, 0.25) is 0 Å². The number of carbonyl (C=O) groups excluding carboxylic acids is 1. The molecular weight excluding hydrogens is 380 g/mol. The molecule has 11 heteroatoms. The van der Waals surface area contributed by atoms with E-state index >= 15 is 0 Å². The second-order valence-corrected chi connectivity index (χ2v) is 8.62. The summed E-state index contributed by atoms with van der Waals surface area (Å²) in [6, 6.07) is 5.91. The normalized spacial score (nSPS) is 15.1. The highest BCUT2D eigenvalue weighted by Crippen LogP contribution is 2.25. The SMILES string of the molecule is O=C(CNc1ncc([N+](=O)[O-])s1)c1cccc(S(=O)(=O)N2CCCC2)c1. The molecule has 1 aromatic carbocycles. The Morgan fingerprint density at radius 3 is 2.73 bits per heavy atom. The molecular formula is C15H16N4O5S2. The molecule has 0 radical (unpaired) electrons. The maximum atomic E-state index is 12.6. The van der Waals surface area contributed by atoms with Crippen molar-refractivity contribution in [3.8, 4) is 0 Å². The zero-order valence-corrected chi connectivity index (χ0v) is 15.3. The molecule has 1 fully saturated rings. The average molecular weight is 396 g/mol. The molecule has 0 spiro atoms. The summed E-state index contributed by atoms with van der Waals surface area (Å²) >= 11 is 0.826. The van der Waals surface area contributed by atoms with Crippen molar-refractivity contribution in [3.63, 3.8) is 0 Å². The highest BCUT2D eigenvalue weighted by atomic mass is 32.2. The van der Waals surface area contributed by atoms with Gasteiger partial charge in [0.2, 0.25) is 10.0 Å². The number of sulfonamides is 1. The van der Waals surface area contributed by atoms with Crippen LogP contribution in [0.25, 0.3) is 0 Å². The third-order valence-electron chi connectivity index (χ3n) is 3.93. The van der Waals surface area contributed by atoms with E-state index in [2.05, 4.69) is 10.3 Å². The molecule has 0 amide bonds. The molecule has 0 atom stereocenters. The zero-order chi connectivity index (χ0) is 18.7. The van der Waals surface area contributed by atoms with Crippen molar-refractivity contribution >= 4 is 37.3 Å². The minimum atomic E-state index is -3.59. The fraction of sp³-hybridized carbons (Fsp3) is 0.333. The van der Waals surface area contributed by atoms with E-state index in [9.17, 15) is 23.3 Å². The lowest BCUT2D eigenvalue weighted by atomic mass is 10.1. The third-order valence-corrected chi connectivity index (χ3v) is 6.73. The van der Waals surface area contributed by atoms with Gasteiger partial charge in [-0.05, 0) is 36.3 Å². The second kappa shape index (κ2) is 7.48. The van der Waals surface area contributed by atoms with E-state index in [0.29, 0.717) is 13.1 Å². The van der Waals surface area contributed by atoms with Gasteiger partial charge in [-0.15, -0.1) is 0 Å². The molecule has 26 heavy (non-hydrogen) atoms. The van der Waals surface area contributed by atoms with E-state index in [1.807, 2.05) is 0 Å². The summed E-state index contributed by atoms with van der Waals surface area (Å²) in [4.78, 5) is 26.3. The Hall–Kier alpha value is -2.37. The van der Waals surface area contributed by atoms with E-state index in [4.69, 9.17) is 0 Å². The molecule has 0 saturated carbocycles. The van der Waals surface area contributed by atoms with Crippen LogP contribution in [0.3, 0.4) is 0 Å². The molecule has 138 valence electrons. The summed E-state index contributed by atoms with van der Waals surface area (Å²) in [5.41, 5.74) is 0.254. The van der Waals surface area contributed by atoms with Gasteiger partial charge in [-0.25, -0.2) is 13.4 Å². The molecule has 0 unspecified atom stereocenters. The predicted octanol–water partition coefficient (Wildman–Crippen LogP) is 2.13. The fourth-order valence-electron chi connectivity index (χ4n) is 2.60. The number of anilines is 1. The number of hydrogen-bond donors (Lipinski definition) is 1. The number of rotatable bonds is 7. The lowest BCUT2D eigenvalue weighted by Gasteiger charge is -2.15. The fourth-order valence-corrected chi connectivity index (χ4v) is 4.79. The summed E-state index contributed by atoms with van der Waals surface area (Å²) in [5.74, 6) is -0.332. The Morgan fingerprint density at radius 2 is 2.08 bits per heavy atom. The van der Waals surface area contributed by atoms with Crippen LogP contribution >= 0.6 is 11.3 Å². The summed E-state index contributed by atoms with van der Waals surface area (Å²) < 4.78 is 26.6. The number of thiazole rings is 1. The maximum Gasteiger partial charge on any atom is 0.345 e. The van der Waals surface area contributed by atoms with Crippen molar-refractivity contribution in [2.75, 3.05) is 25.0 Å². The van der Waals surface area contributed by atoms with Crippen molar-refractivity contribution in [3.05, 3.63) is 46.1 Å². The minimum Gasteiger partial charge on any atom is -0.354 e. The van der Waals surface area contributed by atoms with Gasteiger partial charge in [0.05, 0.1) is 16.4 Å². The Morgan fingerprint density at radius 1 is 1.35 bits per heavy atom. The van der Waals surface area contributed by atoms with Crippen LogP contribution in [0.15, 0.2) is 35.4 Å². The molecule has 2 heterocycles. The number of hydrogen-bond acceptors (Lipinski definition) is 8. The lowest BCUT2D eigenvalue weighted by molar-refractivity contribution is -0.380. The highest BCUT2D eigenvalue weighted by molar-refractivity contribution is 7.89. The number of nitro groups is 1. The van der Waals surface area contributed by atoms with Crippen molar-refractivity contribution in [1.82, 2.24) is 9.29 Å². The van der Waals surface area contributed by atoms with Crippen LogP contribution < -0.4 is 5.32 Å². The van der Waals surface area contributed by atoms with Crippen LogP contribution in [-0.2, 0) is 10.0 Å². The molecule has 0 bridgehead atoms. The largest absolute Gasteiger partial charge is 0.354 e. The summed E-state index contributed by atoms with van der Waals surface area (Å²) in [6.45, 7) is 0.841. The second-order valence-electron chi connectivity index (χ2n) is 5.68. The van der Waals surface area contributed by atoms with E-state index in [1.165, 1.54) is 28.6 Å². The highest BCUT2D eigenvalue weighted by Gasteiger charge is 2.27. The van der Waals surface area contributed by atoms with Gasteiger partial charge < -0.3 is 5.32 Å². The van der Waals surface area contributed by atoms with Gasteiger partial charge in [0, 0.05) is 18.7 Å². The van der Waals surface area contributed by atoms with Gasteiger partial charge in [-0.2, -0.15) is 4.31 Å². The molecule has 1 N–H and O–H groups in total. The van der Waals surface area contributed by atoms with Gasteiger partial charge in [-0.1, -0.05) is 12.1 Å². The van der Waals surface area contributed by atoms with Crippen LogP contribution in [0.4, 0.5) is 10.1 Å². The van der Waals surface area contributed by atoms with Crippen LogP contribution in [-0.4, -0.2) is 48.0 Å². The quantitative estimate of drug-likeness (QED) is 0.432. The molecule has 1 saturated heterocycles. The standard InChI is InChI=1S/C15H16N4O5S2/c20-13(9-16-15-17-10-14(25-15)19(21)22)11-4-3-5-12(8-11)26(23,24)18-6-1-2-7-18/h3-5,8,10H,1-2,6-7,9H2,(H,16,17). The van der Waals surface area contributed by atoms with Gasteiger partial charge in [0.25, 0.3) is 0 Å². The summed E-state index contributed by atoms with van der Waals surface area (Å²) in [5, 5.41) is 13.5. The maximum absolute atomic E-state index is 12.6. The molecule has 2 aromatic rings. The van der Waals surface area contributed by atoms with E-state index in [0.717, 1.165) is 30.4 Å². The van der Waals surface area contributed by atoms with Gasteiger partial charge >= 0.3 is 5.00 Å². The first kappa shape index (κ1) is 18.4. The van der Waals surface area contributed by atoms with Crippen LogP contribution in [0.5, 0.6) is 0 Å². The van der Waals surface area contributed by atoms with Crippen molar-refractivity contribution in [1.29, 1.82) is 0 Å². The first-order valence-electron chi connectivity index (χ1n) is 7.85. The smallest absolute Gasteiger partial charge is 0.345 e. The lowest BCUT2D eigenvalue weighted by Crippen LogP contribution is -2.28. The first-order valence-corrected chi connectivity index (χ1v) is 10.1. The first-order chi connectivity index (χ1) is 12.4.